The topological polar surface area (TPSA) is 20.2 Å². The Balaban J connectivity index is 2.95. The first-order valence-electron chi connectivity index (χ1n) is 4.47. The van der Waals surface area contributed by atoms with Crippen molar-refractivity contribution in [3.8, 4) is 0 Å². The molecule has 0 spiro atoms. The summed E-state index contributed by atoms with van der Waals surface area (Å²) < 4.78 is 36.6. The van der Waals surface area contributed by atoms with Gasteiger partial charge in [-0.15, -0.1) is 11.3 Å². The first-order chi connectivity index (χ1) is 6.62. The van der Waals surface area contributed by atoms with Crippen LogP contribution < -0.4 is 0 Å². The predicted molar refractivity (Wildman–Crippen MR) is 54.0 cm³/mol. The number of rotatable bonds is 1. The molecule has 0 fully saturated rings. The zero-order valence-electron chi connectivity index (χ0n) is 8.72. The summed E-state index contributed by atoms with van der Waals surface area (Å²) in [6.45, 7) is 5.76. The molecule has 0 aliphatic rings. The molecule has 0 aliphatic heterocycles. The first-order valence-corrected chi connectivity index (χ1v) is 5.29. The number of alkyl halides is 3. The van der Waals surface area contributed by atoms with Crippen molar-refractivity contribution >= 4 is 11.3 Å². The standard InChI is InChI=1S/C10H13F3OS/c1-9(2,3)7-5-4-6(15-7)8(14)10(11,12)13/h4-5,8,14H,1-3H3. The molecule has 0 amide bonds. The highest BCUT2D eigenvalue weighted by molar-refractivity contribution is 7.12. The Morgan fingerprint density at radius 3 is 2.07 bits per heavy atom. The molecule has 1 rings (SSSR count). The molecule has 1 unspecified atom stereocenters. The summed E-state index contributed by atoms with van der Waals surface area (Å²) in [4.78, 5) is 0.785. The summed E-state index contributed by atoms with van der Waals surface area (Å²) in [5.74, 6) is 0. The van der Waals surface area contributed by atoms with Crippen LogP contribution >= 0.6 is 11.3 Å². The van der Waals surface area contributed by atoms with Gasteiger partial charge in [0.05, 0.1) is 0 Å². The highest BCUT2D eigenvalue weighted by atomic mass is 32.1. The lowest BCUT2D eigenvalue weighted by atomic mass is 9.95. The highest BCUT2D eigenvalue weighted by Crippen LogP contribution is 2.38. The predicted octanol–water partition coefficient (Wildman–Crippen LogP) is 3.64. The lowest BCUT2D eigenvalue weighted by molar-refractivity contribution is -0.205. The summed E-state index contributed by atoms with van der Waals surface area (Å²) in [5, 5.41) is 9.02. The first kappa shape index (κ1) is 12.5. The number of hydrogen-bond acceptors (Lipinski definition) is 2. The lowest BCUT2D eigenvalue weighted by Gasteiger charge is -2.16. The molecule has 1 aromatic rings. The van der Waals surface area contributed by atoms with E-state index < -0.39 is 12.3 Å². The lowest BCUT2D eigenvalue weighted by Crippen LogP contribution is -2.19. The van der Waals surface area contributed by atoms with E-state index in [1.807, 2.05) is 20.8 Å². The van der Waals surface area contributed by atoms with E-state index in [9.17, 15) is 13.2 Å². The molecule has 1 heterocycles. The second-order valence-electron chi connectivity index (χ2n) is 4.40. The van der Waals surface area contributed by atoms with E-state index in [2.05, 4.69) is 0 Å². The number of hydrogen-bond donors (Lipinski definition) is 1. The third-order valence-electron chi connectivity index (χ3n) is 1.95. The molecule has 0 radical (unpaired) electrons. The van der Waals surface area contributed by atoms with Gasteiger partial charge in [-0.1, -0.05) is 20.8 Å². The minimum atomic E-state index is -4.58. The van der Waals surface area contributed by atoms with Crippen LogP contribution in [-0.4, -0.2) is 11.3 Å². The molecular weight excluding hydrogens is 225 g/mol. The zero-order chi connectivity index (χ0) is 11.9. The van der Waals surface area contributed by atoms with Gasteiger partial charge in [0.2, 0.25) is 0 Å². The van der Waals surface area contributed by atoms with Crippen molar-refractivity contribution in [2.24, 2.45) is 0 Å². The molecule has 1 aromatic heterocycles. The normalized spacial score (nSPS) is 15.4. The highest BCUT2D eigenvalue weighted by Gasteiger charge is 2.40. The average molecular weight is 238 g/mol. The fourth-order valence-electron chi connectivity index (χ4n) is 1.06. The summed E-state index contributed by atoms with van der Waals surface area (Å²) in [5.41, 5.74) is -0.186. The van der Waals surface area contributed by atoms with E-state index in [0.717, 1.165) is 16.2 Å². The van der Waals surface area contributed by atoms with Gasteiger partial charge in [-0.3, -0.25) is 0 Å². The van der Waals surface area contributed by atoms with Crippen LogP contribution in [0.3, 0.4) is 0 Å². The Morgan fingerprint density at radius 2 is 1.73 bits per heavy atom. The average Bonchev–Trinajstić information content (AvgIpc) is 2.47. The van der Waals surface area contributed by atoms with Gasteiger partial charge in [-0.2, -0.15) is 13.2 Å². The third-order valence-corrected chi connectivity index (χ3v) is 3.51. The summed E-state index contributed by atoms with van der Waals surface area (Å²) in [6.07, 6.45) is -6.95. The quantitative estimate of drug-likeness (QED) is 0.792. The molecule has 1 N–H and O–H groups in total. The van der Waals surface area contributed by atoms with Crippen LogP contribution in [-0.2, 0) is 5.41 Å². The summed E-state index contributed by atoms with van der Waals surface area (Å²) in [6, 6.07) is 2.97. The molecule has 0 saturated heterocycles. The number of aliphatic hydroxyl groups excluding tert-OH is 1. The fraction of sp³-hybridized carbons (Fsp3) is 0.600. The Labute approximate surface area is 90.6 Å². The van der Waals surface area contributed by atoms with E-state index in [1.54, 1.807) is 6.07 Å². The maximum atomic E-state index is 12.2. The number of thiophene rings is 1. The molecule has 0 aliphatic carbocycles. The second kappa shape index (κ2) is 3.79. The van der Waals surface area contributed by atoms with Crippen molar-refractivity contribution in [3.05, 3.63) is 21.9 Å². The minimum absolute atomic E-state index is 0.0487. The van der Waals surface area contributed by atoms with Gasteiger partial charge in [0, 0.05) is 9.75 Å². The molecule has 1 nitrogen and oxygen atoms in total. The van der Waals surface area contributed by atoms with Crippen molar-refractivity contribution in [2.45, 2.75) is 38.5 Å². The van der Waals surface area contributed by atoms with Crippen molar-refractivity contribution in [1.29, 1.82) is 0 Å². The maximum Gasteiger partial charge on any atom is 0.419 e. The molecule has 5 heteroatoms. The zero-order valence-corrected chi connectivity index (χ0v) is 9.54. The Hall–Kier alpha value is -0.550. The van der Waals surface area contributed by atoms with Crippen LogP contribution in [0.2, 0.25) is 0 Å². The van der Waals surface area contributed by atoms with Gasteiger partial charge in [0.1, 0.15) is 0 Å². The van der Waals surface area contributed by atoms with Crippen LogP contribution in [0, 0.1) is 0 Å². The van der Waals surface area contributed by atoms with Gasteiger partial charge in [0.15, 0.2) is 6.10 Å². The number of halogens is 3. The fourth-order valence-corrected chi connectivity index (χ4v) is 2.14. The Morgan fingerprint density at radius 1 is 1.20 bits per heavy atom. The molecule has 86 valence electrons. The minimum Gasteiger partial charge on any atom is -0.379 e. The van der Waals surface area contributed by atoms with Crippen LogP contribution in [0.4, 0.5) is 13.2 Å². The molecule has 0 saturated carbocycles. The monoisotopic (exact) mass is 238 g/mol. The van der Waals surface area contributed by atoms with E-state index >= 15 is 0 Å². The van der Waals surface area contributed by atoms with Crippen LogP contribution in [0.1, 0.15) is 36.6 Å². The summed E-state index contributed by atoms with van der Waals surface area (Å²) in [7, 11) is 0. The van der Waals surface area contributed by atoms with E-state index in [-0.39, 0.29) is 10.3 Å². The molecule has 15 heavy (non-hydrogen) atoms. The Bertz CT molecular complexity index is 335. The Kier molecular flexibility index (Phi) is 3.16. The van der Waals surface area contributed by atoms with Crippen molar-refractivity contribution in [2.75, 3.05) is 0 Å². The van der Waals surface area contributed by atoms with Gasteiger partial charge in [-0.05, 0) is 17.5 Å². The second-order valence-corrected chi connectivity index (χ2v) is 5.51. The smallest absolute Gasteiger partial charge is 0.379 e. The van der Waals surface area contributed by atoms with Crippen LogP contribution in [0.25, 0.3) is 0 Å². The SMILES string of the molecule is CC(C)(C)c1ccc(C(O)C(F)(F)F)s1. The molecule has 0 bridgehead atoms. The summed E-state index contributed by atoms with van der Waals surface area (Å²) >= 11 is 1.00. The van der Waals surface area contributed by atoms with Gasteiger partial charge < -0.3 is 5.11 Å². The van der Waals surface area contributed by atoms with Gasteiger partial charge >= 0.3 is 6.18 Å². The van der Waals surface area contributed by atoms with Crippen LogP contribution in [0.5, 0.6) is 0 Å². The van der Waals surface area contributed by atoms with Crippen molar-refractivity contribution in [3.63, 3.8) is 0 Å². The largest absolute Gasteiger partial charge is 0.419 e. The maximum absolute atomic E-state index is 12.2. The van der Waals surface area contributed by atoms with E-state index in [1.165, 1.54) is 6.07 Å². The van der Waals surface area contributed by atoms with Crippen molar-refractivity contribution < 1.29 is 18.3 Å². The third kappa shape index (κ3) is 2.95. The number of aliphatic hydroxyl groups is 1. The van der Waals surface area contributed by atoms with Gasteiger partial charge in [0.25, 0.3) is 0 Å². The van der Waals surface area contributed by atoms with E-state index in [4.69, 9.17) is 5.11 Å². The molecular formula is C10H13F3OS. The van der Waals surface area contributed by atoms with Crippen molar-refractivity contribution in [1.82, 2.24) is 0 Å². The van der Waals surface area contributed by atoms with E-state index in [0.29, 0.717) is 0 Å². The molecule has 0 aromatic carbocycles. The molecule has 1 atom stereocenters. The van der Waals surface area contributed by atoms with Gasteiger partial charge in [-0.25, -0.2) is 0 Å². The van der Waals surface area contributed by atoms with Crippen LogP contribution in [0.15, 0.2) is 12.1 Å².